The lowest BCUT2D eigenvalue weighted by molar-refractivity contribution is 0.00182. The van der Waals surface area contributed by atoms with Crippen LogP contribution in [-0.2, 0) is 4.74 Å². The van der Waals surface area contributed by atoms with Crippen molar-refractivity contribution in [2.45, 2.75) is 18.9 Å². The van der Waals surface area contributed by atoms with E-state index in [1.165, 1.54) is 0 Å². The van der Waals surface area contributed by atoms with Crippen molar-refractivity contribution in [1.29, 1.82) is 0 Å². The van der Waals surface area contributed by atoms with Gasteiger partial charge in [0.25, 0.3) is 0 Å². The van der Waals surface area contributed by atoms with Gasteiger partial charge in [0.1, 0.15) is 0 Å². The molecule has 0 aliphatic carbocycles. The smallest absolute Gasteiger partial charge is 0.426 e. The van der Waals surface area contributed by atoms with E-state index >= 15 is 0 Å². The van der Waals surface area contributed by atoms with Crippen molar-refractivity contribution >= 4 is 7.12 Å². The van der Waals surface area contributed by atoms with Crippen molar-refractivity contribution in [2.24, 2.45) is 0 Å². The molecule has 2 aliphatic heterocycles. The summed E-state index contributed by atoms with van der Waals surface area (Å²) >= 11 is 0. The Kier molecular flexibility index (Phi) is 4.60. The van der Waals surface area contributed by atoms with Gasteiger partial charge < -0.3 is 19.7 Å². The van der Waals surface area contributed by atoms with E-state index in [4.69, 9.17) is 14.8 Å². The van der Waals surface area contributed by atoms with Gasteiger partial charge in [-0.2, -0.15) is 0 Å². The summed E-state index contributed by atoms with van der Waals surface area (Å²) in [5, 5.41) is 17.8. The highest BCUT2D eigenvalue weighted by atomic mass is 16.5. The summed E-state index contributed by atoms with van der Waals surface area (Å²) in [6.45, 7) is 5.75. The molecule has 0 atom stereocenters. The van der Waals surface area contributed by atoms with Gasteiger partial charge in [-0.25, -0.2) is 0 Å². The molecule has 2 heterocycles. The van der Waals surface area contributed by atoms with E-state index in [-0.39, 0.29) is 0 Å². The van der Waals surface area contributed by atoms with Crippen molar-refractivity contribution in [1.82, 2.24) is 9.80 Å². The third-order valence-corrected chi connectivity index (χ3v) is 3.54. The number of likely N-dealkylation sites (tertiary alicyclic amines) is 1. The van der Waals surface area contributed by atoms with E-state index in [2.05, 4.69) is 9.80 Å². The number of hydrogen-bond acceptors (Lipinski definition) is 5. The molecule has 2 aliphatic rings. The summed E-state index contributed by atoms with van der Waals surface area (Å²) < 4.78 is 5.35. The Labute approximate surface area is 97.1 Å². The van der Waals surface area contributed by atoms with E-state index in [0.717, 1.165) is 52.2 Å². The fraction of sp³-hybridized carbons (Fsp3) is 1.00. The van der Waals surface area contributed by atoms with Crippen LogP contribution in [0.15, 0.2) is 0 Å². The molecule has 0 saturated carbocycles. The lowest BCUT2D eigenvalue weighted by Gasteiger charge is -2.40. The Hall–Kier alpha value is -0.135. The van der Waals surface area contributed by atoms with Gasteiger partial charge in [-0.15, -0.1) is 0 Å². The second kappa shape index (κ2) is 5.98. The van der Waals surface area contributed by atoms with Gasteiger partial charge in [0.15, 0.2) is 0 Å². The van der Waals surface area contributed by atoms with Crippen LogP contribution >= 0.6 is 0 Å². The molecule has 0 aromatic carbocycles. The molecular formula is C10H21BN2O3. The third kappa shape index (κ3) is 3.43. The van der Waals surface area contributed by atoms with Gasteiger partial charge in [-0.1, -0.05) is 0 Å². The maximum absolute atomic E-state index is 8.91. The average molecular weight is 228 g/mol. The van der Waals surface area contributed by atoms with Crippen LogP contribution in [0, 0.1) is 0 Å². The van der Waals surface area contributed by atoms with Crippen LogP contribution < -0.4 is 0 Å². The predicted molar refractivity (Wildman–Crippen MR) is 62.0 cm³/mol. The molecule has 0 bridgehead atoms. The second-order valence-corrected chi connectivity index (χ2v) is 4.66. The predicted octanol–water partition coefficient (Wildman–Crippen LogP) is -1.20. The van der Waals surface area contributed by atoms with E-state index in [1.54, 1.807) is 0 Å². The molecule has 6 heteroatoms. The first-order chi connectivity index (χ1) is 7.75. The van der Waals surface area contributed by atoms with Gasteiger partial charge in [-0.05, 0) is 25.9 Å². The molecule has 5 nitrogen and oxygen atoms in total. The maximum Gasteiger partial charge on any atom is 0.466 e. The summed E-state index contributed by atoms with van der Waals surface area (Å²) in [4.78, 5) is 4.64. The Morgan fingerprint density at radius 2 is 1.69 bits per heavy atom. The zero-order valence-corrected chi connectivity index (χ0v) is 9.72. The largest absolute Gasteiger partial charge is 0.466 e. The van der Waals surface area contributed by atoms with Gasteiger partial charge in [-0.3, -0.25) is 4.90 Å². The highest BCUT2D eigenvalue weighted by molar-refractivity contribution is 6.41. The summed E-state index contributed by atoms with van der Waals surface area (Å²) in [7, 11) is -1.19. The first kappa shape index (κ1) is 12.3. The molecule has 2 fully saturated rings. The van der Waals surface area contributed by atoms with E-state index in [9.17, 15) is 0 Å². The topological polar surface area (TPSA) is 56.2 Å². The summed E-state index contributed by atoms with van der Waals surface area (Å²) in [5.41, 5.74) is 0. The fourth-order valence-electron chi connectivity index (χ4n) is 2.64. The van der Waals surface area contributed by atoms with Crippen molar-refractivity contribution in [3.63, 3.8) is 0 Å². The number of piperidine rings is 1. The molecule has 0 radical (unpaired) electrons. The van der Waals surface area contributed by atoms with Crippen molar-refractivity contribution < 1.29 is 14.8 Å². The van der Waals surface area contributed by atoms with Crippen LogP contribution in [-0.4, -0.2) is 78.8 Å². The van der Waals surface area contributed by atoms with Crippen LogP contribution in [0.5, 0.6) is 0 Å². The average Bonchev–Trinajstić information content (AvgIpc) is 2.30. The summed E-state index contributed by atoms with van der Waals surface area (Å²) in [5.74, 6) is 0. The summed E-state index contributed by atoms with van der Waals surface area (Å²) in [6, 6.07) is 0.663. The highest BCUT2D eigenvalue weighted by Crippen LogP contribution is 2.17. The van der Waals surface area contributed by atoms with E-state index in [1.807, 2.05) is 0 Å². The first-order valence-corrected chi connectivity index (χ1v) is 6.16. The van der Waals surface area contributed by atoms with Gasteiger partial charge in [0.05, 0.1) is 13.2 Å². The molecule has 2 rings (SSSR count). The van der Waals surface area contributed by atoms with Gasteiger partial charge in [0.2, 0.25) is 0 Å². The lowest BCUT2D eigenvalue weighted by atomic mass is 9.89. The maximum atomic E-state index is 8.91. The molecule has 92 valence electrons. The quantitative estimate of drug-likeness (QED) is 0.594. The van der Waals surface area contributed by atoms with Gasteiger partial charge >= 0.3 is 7.12 Å². The van der Waals surface area contributed by atoms with Crippen molar-refractivity contribution in [3.8, 4) is 0 Å². The van der Waals surface area contributed by atoms with Crippen molar-refractivity contribution in [2.75, 3.05) is 45.8 Å². The lowest BCUT2D eigenvalue weighted by Crippen LogP contribution is -2.50. The molecule has 0 aromatic rings. The number of rotatable bonds is 3. The Morgan fingerprint density at radius 1 is 1.06 bits per heavy atom. The van der Waals surface area contributed by atoms with Crippen molar-refractivity contribution in [3.05, 3.63) is 0 Å². The normalized spacial score (nSPS) is 25.9. The number of hydrogen-bond donors (Lipinski definition) is 2. The van der Waals surface area contributed by atoms with Crippen LogP contribution in [0.4, 0.5) is 0 Å². The van der Waals surface area contributed by atoms with Crippen LogP contribution in [0.3, 0.4) is 0 Å². The molecule has 0 unspecified atom stereocenters. The number of nitrogens with zero attached hydrogens (tertiary/aromatic N) is 2. The van der Waals surface area contributed by atoms with Crippen LogP contribution in [0.1, 0.15) is 12.8 Å². The zero-order valence-electron chi connectivity index (χ0n) is 9.72. The molecule has 16 heavy (non-hydrogen) atoms. The third-order valence-electron chi connectivity index (χ3n) is 3.54. The summed E-state index contributed by atoms with van der Waals surface area (Å²) in [6.07, 6.45) is 2.65. The molecule has 0 amide bonds. The minimum atomic E-state index is -1.19. The Morgan fingerprint density at radius 3 is 2.25 bits per heavy atom. The molecular weight excluding hydrogens is 207 g/mol. The minimum Gasteiger partial charge on any atom is -0.426 e. The fourth-order valence-corrected chi connectivity index (χ4v) is 2.64. The van der Waals surface area contributed by atoms with Crippen LogP contribution in [0.2, 0.25) is 0 Å². The minimum absolute atomic E-state index is 0.385. The SMILES string of the molecule is OB(O)CN1CCC(N2CCOCC2)CC1. The Bertz CT molecular complexity index is 204. The van der Waals surface area contributed by atoms with Gasteiger partial charge in [0, 0.05) is 25.6 Å². The molecule has 2 saturated heterocycles. The van der Waals surface area contributed by atoms with E-state index in [0.29, 0.717) is 12.5 Å². The molecule has 0 aromatic heterocycles. The number of morpholine rings is 1. The Balaban J connectivity index is 1.71. The molecule has 2 N–H and O–H groups in total. The standard InChI is InChI=1S/C10H21BN2O3/c14-11(15)9-12-3-1-10(2-4-12)13-5-7-16-8-6-13/h10,14-15H,1-9H2. The van der Waals surface area contributed by atoms with E-state index < -0.39 is 7.12 Å². The monoisotopic (exact) mass is 228 g/mol. The second-order valence-electron chi connectivity index (χ2n) is 4.66. The van der Waals surface area contributed by atoms with Crippen LogP contribution in [0.25, 0.3) is 0 Å². The number of ether oxygens (including phenoxy) is 1. The first-order valence-electron chi connectivity index (χ1n) is 6.16. The highest BCUT2D eigenvalue weighted by Gasteiger charge is 2.26. The molecule has 0 spiro atoms. The zero-order chi connectivity index (χ0) is 11.4.